The summed E-state index contributed by atoms with van der Waals surface area (Å²) in [7, 11) is 0. The molecular formula is C36H28N4RuS3+. The molecule has 0 amide bonds. The molecule has 4 heterocycles. The first kappa shape index (κ1) is 36.4. The maximum Gasteiger partial charge on any atom is 3.00 e. The zero-order chi connectivity index (χ0) is 30.9. The average Bonchev–Trinajstić information content (AvgIpc) is 3.03. The molecular weight excluding hydrogens is 686 g/mol. The summed E-state index contributed by atoms with van der Waals surface area (Å²) < 4.78 is 0. The van der Waals surface area contributed by atoms with E-state index < -0.39 is 0 Å². The fourth-order valence-electron chi connectivity index (χ4n) is 2.89. The minimum absolute atomic E-state index is 0. The molecule has 44 heavy (non-hydrogen) atoms. The van der Waals surface area contributed by atoms with Gasteiger partial charge in [0.2, 0.25) is 5.54 Å². The molecule has 6 rings (SSSR count). The Bertz CT molecular complexity index is 1510. The second-order valence-corrected chi connectivity index (χ2v) is 12.6. The first-order valence-electron chi connectivity index (χ1n) is 13.1. The van der Waals surface area contributed by atoms with Crippen LogP contribution >= 0.6 is 35.3 Å². The first-order chi connectivity index (χ1) is 20.8. The third kappa shape index (κ3) is 14.1. The second-order valence-electron chi connectivity index (χ2n) is 9.51. The van der Waals surface area contributed by atoms with Gasteiger partial charge in [0.1, 0.15) is 30.2 Å². The molecule has 0 atom stereocenters. The Morgan fingerprint density at radius 1 is 0.500 bits per heavy atom. The molecule has 6 bridgehead atoms. The summed E-state index contributed by atoms with van der Waals surface area (Å²) in [5, 5.41) is 5.70. The Hall–Kier alpha value is -3.83. The van der Waals surface area contributed by atoms with E-state index in [1.807, 2.05) is 136 Å². The average molecular weight is 714 g/mol. The molecule has 4 nitrogen and oxygen atoms in total. The summed E-state index contributed by atoms with van der Waals surface area (Å²) in [5.41, 5.74) is 1.49. The van der Waals surface area contributed by atoms with Crippen molar-refractivity contribution in [3.8, 4) is 11.8 Å². The van der Waals surface area contributed by atoms with Crippen LogP contribution in [-0.4, -0.2) is 20.5 Å². The SMILES string of the molecule is [C-]#Cc1ccccc1.[C-]#Cc1ccccc1.[C-]#[N+]C(C)(C)C.[Ru+3].c1cc2nc(c1)Sc1cccc(n1)Sc1cccc(n1)S2. The van der Waals surface area contributed by atoms with Gasteiger partial charge in [-0.1, -0.05) is 89.9 Å². The van der Waals surface area contributed by atoms with Gasteiger partial charge in [0, 0.05) is 20.8 Å². The van der Waals surface area contributed by atoms with E-state index in [0.29, 0.717) is 0 Å². The van der Waals surface area contributed by atoms with Gasteiger partial charge in [-0.05, 0) is 36.4 Å². The minimum atomic E-state index is -0.167. The number of fused-ring (bicyclic) bond motifs is 6. The topological polar surface area (TPSA) is 43.0 Å². The number of pyridine rings is 3. The van der Waals surface area contributed by atoms with E-state index in [1.54, 1.807) is 35.3 Å². The van der Waals surface area contributed by atoms with Crippen molar-refractivity contribution in [2.75, 3.05) is 0 Å². The predicted octanol–water partition coefficient (Wildman–Crippen LogP) is 9.59. The van der Waals surface area contributed by atoms with E-state index >= 15 is 0 Å². The molecule has 0 spiro atoms. The van der Waals surface area contributed by atoms with Crippen LogP contribution in [0.2, 0.25) is 0 Å². The standard InChI is InChI=1S/C15H9N3S3.2C8H5.C5H9N.Ru/c1-4-10-16-11(5-1)20-13-7-3-9-15(18-13)21-14-8-2-6-12(17-14)19-10;2*1-2-8-6-4-3-5-7-8;1-5(2,3)6-4;/h1-9H;2*3-7H;1-3H3;/q;2*-1;;+3. The van der Waals surface area contributed by atoms with Gasteiger partial charge in [0.05, 0.1) is 0 Å². The fraction of sp³-hybridized carbons (Fsp3) is 0.111. The third-order valence-electron chi connectivity index (χ3n) is 4.89. The van der Waals surface area contributed by atoms with Crippen molar-refractivity contribution >= 4 is 35.3 Å². The van der Waals surface area contributed by atoms with Crippen LogP contribution in [0, 0.1) is 31.3 Å². The maximum atomic E-state index is 6.69. The van der Waals surface area contributed by atoms with Crippen molar-refractivity contribution in [3.63, 3.8) is 0 Å². The van der Waals surface area contributed by atoms with Gasteiger partial charge < -0.3 is 17.7 Å². The monoisotopic (exact) mass is 714 g/mol. The Morgan fingerprint density at radius 3 is 0.932 bits per heavy atom. The molecule has 2 aromatic carbocycles. The first-order valence-corrected chi connectivity index (χ1v) is 15.5. The zero-order valence-corrected chi connectivity index (χ0v) is 28.5. The number of aromatic nitrogens is 3. The summed E-state index contributed by atoms with van der Waals surface area (Å²) in [4.78, 5) is 17.2. The van der Waals surface area contributed by atoms with Crippen LogP contribution in [0.1, 0.15) is 31.9 Å². The fourth-order valence-corrected chi connectivity index (χ4v) is 5.45. The van der Waals surface area contributed by atoms with Gasteiger partial charge >= 0.3 is 19.5 Å². The molecule has 0 aliphatic carbocycles. The molecule has 0 saturated heterocycles. The predicted molar refractivity (Wildman–Crippen MR) is 177 cm³/mol. The van der Waals surface area contributed by atoms with E-state index in [1.165, 1.54) is 0 Å². The Kier molecular flexibility index (Phi) is 16.1. The molecule has 217 valence electrons. The van der Waals surface area contributed by atoms with Gasteiger partial charge in [-0.25, -0.2) is 21.5 Å². The van der Waals surface area contributed by atoms with Crippen LogP contribution in [0.25, 0.3) is 4.85 Å². The van der Waals surface area contributed by atoms with Crippen molar-refractivity contribution in [1.29, 1.82) is 0 Å². The number of benzene rings is 2. The Morgan fingerprint density at radius 2 is 0.750 bits per heavy atom. The van der Waals surface area contributed by atoms with Crippen LogP contribution in [0.15, 0.2) is 145 Å². The van der Waals surface area contributed by atoms with Crippen molar-refractivity contribution in [3.05, 3.63) is 151 Å². The molecule has 8 heteroatoms. The van der Waals surface area contributed by atoms with E-state index in [2.05, 4.69) is 31.6 Å². The van der Waals surface area contributed by atoms with E-state index in [9.17, 15) is 0 Å². The van der Waals surface area contributed by atoms with Crippen LogP contribution in [0.3, 0.4) is 0 Å². The number of nitrogens with zero attached hydrogens (tertiary/aromatic N) is 4. The molecule has 1 aliphatic heterocycles. The van der Waals surface area contributed by atoms with Crippen LogP contribution in [0.5, 0.6) is 0 Å². The van der Waals surface area contributed by atoms with Gasteiger partial charge in [-0.2, -0.15) is 0 Å². The Labute approximate surface area is 286 Å². The molecule has 1 aliphatic rings. The quantitative estimate of drug-likeness (QED) is 0.0888. The molecule has 0 unspecified atom stereocenters. The van der Waals surface area contributed by atoms with Crippen molar-refractivity contribution in [2.45, 2.75) is 56.5 Å². The summed E-state index contributed by atoms with van der Waals surface area (Å²) >= 11 is 4.75. The maximum absolute atomic E-state index is 6.69. The molecule has 1 radical (unpaired) electrons. The summed E-state index contributed by atoms with van der Waals surface area (Å²) in [5.74, 6) is 4.55. The van der Waals surface area contributed by atoms with Crippen LogP contribution in [0.4, 0.5) is 0 Å². The normalized spacial score (nSPS) is 10.5. The van der Waals surface area contributed by atoms with Gasteiger partial charge in [0.15, 0.2) is 0 Å². The van der Waals surface area contributed by atoms with Gasteiger partial charge in [0.25, 0.3) is 0 Å². The van der Waals surface area contributed by atoms with E-state index in [4.69, 9.17) is 19.4 Å². The molecule has 0 saturated carbocycles. The van der Waals surface area contributed by atoms with Crippen LogP contribution in [-0.2, 0) is 19.5 Å². The summed E-state index contributed by atoms with van der Waals surface area (Å²) in [6.45, 7) is 12.1. The Balaban J connectivity index is 0.000000243. The number of rotatable bonds is 0. The van der Waals surface area contributed by atoms with Gasteiger partial charge in [-0.15, -0.1) is 35.4 Å². The minimum Gasteiger partial charge on any atom is -0.366 e. The largest absolute Gasteiger partial charge is 3.00 e. The molecule has 3 aromatic heterocycles. The van der Waals surface area contributed by atoms with Crippen LogP contribution < -0.4 is 0 Å². The smallest absolute Gasteiger partial charge is 0.366 e. The number of hydrogen-bond acceptors (Lipinski definition) is 6. The van der Waals surface area contributed by atoms with Gasteiger partial charge in [-0.3, -0.25) is 11.8 Å². The van der Waals surface area contributed by atoms with E-state index in [0.717, 1.165) is 41.3 Å². The molecule has 0 fully saturated rings. The third-order valence-corrected chi connectivity index (χ3v) is 7.51. The van der Waals surface area contributed by atoms with Crippen molar-refractivity contribution < 1.29 is 19.5 Å². The van der Waals surface area contributed by atoms with Crippen molar-refractivity contribution in [2.24, 2.45) is 0 Å². The molecule has 0 N–H and O–H groups in total. The zero-order valence-electron chi connectivity index (χ0n) is 24.3. The second kappa shape index (κ2) is 19.5. The van der Waals surface area contributed by atoms with E-state index in [-0.39, 0.29) is 25.0 Å². The summed E-state index contributed by atoms with van der Waals surface area (Å²) in [6, 6.07) is 36.8. The summed E-state index contributed by atoms with van der Waals surface area (Å²) in [6.07, 6.45) is 13.4. The number of hydrogen-bond donors (Lipinski definition) is 0. The van der Waals surface area contributed by atoms with Crippen molar-refractivity contribution in [1.82, 2.24) is 15.0 Å². The molecule has 5 aromatic rings.